The lowest BCUT2D eigenvalue weighted by Gasteiger charge is -2.46. The number of likely N-dealkylation sites (N-methyl/N-ethyl adjacent to an activating group) is 2. The van der Waals surface area contributed by atoms with Crippen LogP contribution in [0.4, 0.5) is 0 Å². The summed E-state index contributed by atoms with van der Waals surface area (Å²) in [7, 11) is 2.08. The third-order valence-corrected chi connectivity index (χ3v) is 5.18. The number of rotatable bonds is 8. The second kappa shape index (κ2) is 8.16. The predicted octanol–water partition coefficient (Wildman–Crippen LogP) is 4.09. The molecule has 0 amide bonds. The molecule has 0 bridgehead atoms. The first kappa shape index (κ1) is 17.7. The fraction of sp³-hybridized carbons (Fsp3) is 0.647. The van der Waals surface area contributed by atoms with Gasteiger partial charge in [-0.15, -0.1) is 0 Å². The van der Waals surface area contributed by atoms with Crippen molar-refractivity contribution < 1.29 is 0 Å². The summed E-state index contributed by atoms with van der Waals surface area (Å²) in [5.74, 6) is 0. The largest absolute Gasteiger partial charge is 0.315 e. The third-order valence-electron chi connectivity index (χ3n) is 4.65. The van der Waals surface area contributed by atoms with Crippen molar-refractivity contribution in [2.45, 2.75) is 52.1 Å². The van der Waals surface area contributed by atoms with Gasteiger partial charge >= 0.3 is 0 Å². The molecule has 0 saturated carbocycles. The highest BCUT2D eigenvalue weighted by atomic mass is 79.9. The van der Waals surface area contributed by atoms with Crippen LogP contribution in [0.5, 0.6) is 0 Å². The van der Waals surface area contributed by atoms with E-state index in [1.165, 1.54) is 5.56 Å². The number of hydrogen-bond donors (Lipinski definition) is 1. The maximum atomic E-state index is 3.55. The minimum Gasteiger partial charge on any atom is -0.315 e. The molecular formula is C17H29BrN2. The zero-order valence-electron chi connectivity index (χ0n) is 13.5. The monoisotopic (exact) mass is 340 g/mol. The van der Waals surface area contributed by atoms with Crippen molar-refractivity contribution in [3.05, 3.63) is 34.3 Å². The van der Waals surface area contributed by atoms with Gasteiger partial charge in [-0.3, -0.25) is 4.90 Å². The molecule has 2 atom stereocenters. The molecule has 114 valence electrons. The van der Waals surface area contributed by atoms with Gasteiger partial charge in [0.05, 0.1) is 0 Å². The maximum absolute atomic E-state index is 3.55. The van der Waals surface area contributed by atoms with Gasteiger partial charge in [0, 0.05) is 16.1 Å². The summed E-state index contributed by atoms with van der Waals surface area (Å²) in [6, 6.07) is 9.14. The summed E-state index contributed by atoms with van der Waals surface area (Å²) in [5, 5.41) is 3.55. The van der Waals surface area contributed by atoms with Crippen LogP contribution in [-0.4, -0.2) is 36.6 Å². The normalized spacial score (nSPS) is 16.1. The molecule has 0 radical (unpaired) electrons. The Labute approximate surface area is 133 Å². The quantitative estimate of drug-likeness (QED) is 0.766. The number of hydrogen-bond acceptors (Lipinski definition) is 2. The molecule has 0 aromatic heterocycles. The molecule has 1 aromatic rings. The van der Waals surface area contributed by atoms with Crippen LogP contribution >= 0.6 is 15.9 Å². The van der Waals surface area contributed by atoms with E-state index in [-0.39, 0.29) is 5.54 Å². The summed E-state index contributed by atoms with van der Waals surface area (Å²) in [6.45, 7) is 11.4. The summed E-state index contributed by atoms with van der Waals surface area (Å²) in [6.07, 6.45) is 2.21. The molecule has 3 heteroatoms. The lowest BCUT2D eigenvalue weighted by Crippen LogP contribution is -2.59. The van der Waals surface area contributed by atoms with Gasteiger partial charge in [0.25, 0.3) is 0 Å². The van der Waals surface area contributed by atoms with Gasteiger partial charge in [0.1, 0.15) is 0 Å². The molecule has 1 N–H and O–H groups in total. The Balaban J connectivity index is 2.94. The first-order valence-electron chi connectivity index (χ1n) is 7.68. The van der Waals surface area contributed by atoms with Gasteiger partial charge in [-0.2, -0.15) is 0 Å². The molecule has 0 spiro atoms. The molecule has 1 aromatic carbocycles. The number of nitrogens with one attached hydrogen (secondary N) is 1. The van der Waals surface area contributed by atoms with E-state index in [9.17, 15) is 0 Å². The molecule has 0 saturated heterocycles. The minimum absolute atomic E-state index is 0.186. The molecule has 0 heterocycles. The number of nitrogens with zero attached hydrogens (tertiary/aromatic N) is 1. The molecule has 0 aliphatic rings. The van der Waals surface area contributed by atoms with E-state index in [4.69, 9.17) is 0 Å². The smallest absolute Gasteiger partial charge is 0.0334 e. The average molecular weight is 341 g/mol. The predicted molar refractivity (Wildman–Crippen MR) is 92.3 cm³/mol. The van der Waals surface area contributed by atoms with E-state index in [2.05, 4.69) is 85.2 Å². The second-order valence-electron chi connectivity index (χ2n) is 5.55. The fourth-order valence-corrected chi connectivity index (χ4v) is 3.39. The zero-order chi connectivity index (χ0) is 15.2. The highest BCUT2D eigenvalue weighted by molar-refractivity contribution is 9.10. The summed E-state index contributed by atoms with van der Waals surface area (Å²) >= 11 is 3.50. The van der Waals surface area contributed by atoms with Crippen LogP contribution in [0, 0.1) is 0 Å². The molecular weight excluding hydrogens is 312 g/mol. The van der Waals surface area contributed by atoms with Crippen LogP contribution in [0.2, 0.25) is 0 Å². The van der Waals surface area contributed by atoms with Crippen molar-refractivity contribution in [2.75, 3.05) is 20.1 Å². The number of halogens is 1. The van der Waals surface area contributed by atoms with Crippen LogP contribution in [0.25, 0.3) is 0 Å². The van der Waals surface area contributed by atoms with E-state index in [0.717, 1.165) is 30.4 Å². The lowest BCUT2D eigenvalue weighted by molar-refractivity contribution is 0.0730. The Morgan fingerprint density at radius 2 is 1.70 bits per heavy atom. The van der Waals surface area contributed by atoms with Crippen LogP contribution in [0.3, 0.4) is 0 Å². The van der Waals surface area contributed by atoms with Crippen molar-refractivity contribution in [1.82, 2.24) is 10.2 Å². The van der Waals surface area contributed by atoms with E-state index in [1.54, 1.807) is 0 Å². The Kier molecular flexibility index (Phi) is 7.21. The van der Waals surface area contributed by atoms with Crippen LogP contribution in [0.15, 0.2) is 28.7 Å². The van der Waals surface area contributed by atoms with Crippen molar-refractivity contribution in [3.63, 3.8) is 0 Å². The van der Waals surface area contributed by atoms with E-state index >= 15 is 0 Å². The van der Waals surface area contributed by atoms with E-state index in [1.807, 2.05) is 0 Å². The van der Waals surface area contributed by atoms with Gasteiger partial charge < -0.3 is 5.32 Å². The molecule has 0 aliphatic heterocycles. The van der Waals surface area contributed by atoms with Crippen molar-refractivity contribution in [1.29, 1.82) is 0 Å². The van der Waals surface area contributed by atoms with Crippen LogP contribution in [-0.2, 0) is 6.42 Å². The number of benzene rings is 1. The van der Waals surface area contributed by atoms with Crippen LogP contribution in [0.1, 0.15) is 39.7 Å². The van der Waals surface area contributed by atoms with Crippen molar-refractivity contribution in [3.8, 4) is 0 Å². The maximum Gasteiger partial charge on any atom is 0.0334 e. The summed E-state index contributed by atoms with van der Waals surface area (Å²) in [4.78, 5) is 2.58. The van der Waals surface area contributed by atoms with Crippen molar-refractivity contribution in [2.24, 2.45) is 0 Å². The summed E-state index contributed by atoms with van der Waals surface area (Å²) < 4.78 is 1.14. The highest BCUT2D eigenvalue weighted by Crippen LogP contribution is 2.26. The average Bonchev–Trinajstić information content (AvgIpc) is 2.47. The van der Waals surface area contributed by atoms with Crippen LogP contribution < -0.4 is 5.32 Å². The van der Waals surface area contributed by atoms with Crippen molar-refractivity contribution >= 4 is 15.9 Å². The van der Waals surface area contributed by atoms with Gasteiger partial charge in [-0.1, -0.05) is 48.8 Å². The highest BCUT2D eigenvalue weighted by Gasteiger charge is 2.35. The fourth-order valence-electron chi connectivity index (χ4n) is 3.13. The molecule has 1 rings (SSSR count). The third kappa shape index (κ3) is 4.06. The van der Waals surface area contributed by atoms with Gasteiger partial charge in [-0.25, -0.2) is 0 Å². The van der Waals surface area contributed by atoms with Gasteiger partial charge in [0.15, 0.2) is 0 Å². The second-order valence-corrected chi connectivity index (χ2v) is 6.47. The molecule has 0 fully saturated rings. The SMILES string of the molecule is CCN(CC)C(C)(CC)C(Cc1ccc(Br)cc1)NC. The Bertz CT molecular complexity index is 386. The standard InChI is InChI=1S/C17H29BrN2/c1-6-17(4,20(7-2)8-3)16(19-5)13-14-9-11-15(18)12-10-14/h9-12,16,19H,6-8,13H2,1-5H3. The Morgan fingerprint density at radius 3 is 2.10 bits per heavy atom. The first-order chi connectivity index (χ1) is 9.51. The van der Waals surface area contributed by atoms with E-state index < -0.39 is 0 Å². The first-order valence-corrected chi connectivity index (χ1v) is 8.47. The lowest BCUT2D eigenvalue weighted by atomic mass is 9.83. The van der Waals surface area contributed by atoms with Gasteiger partial charge in [-0.05, 0) is 57.6 Å². The Hall–Kier alpha value is -0.380. The molecule has 2 unspecified atom stereocenters. The zero-order valence-corrected chi connectivity index (χ0v) is 15.1. The summed E-state index contributed by atoms with van der Waals surface area (Å²) in [5.41, 5.74) is 1.57. The van der Waals surface area contributed by atoms with Gasteiger partial charge in [0.2, 0.25) is 0 Å². The minimum atomic E-state index is 0.186. The molecule has 0 aliphatic carbocycles. The Morgan fingerprint density at radius 1 is 1.15 bits per heavy atom. The van der Waals surface area contributed by atoms with E-state index in [0.29, 0.717) is 6.04 Å². The topological polar surface area (TPSA) is 15.3 Å². The molecule has 2 nitrogen and oxygen atoms in total. The molecule has 20 heavy (non-hydrogen) atoms.